The molecule has 0 fully saturated rings. The summed E-state index contributed by atoms with van der Waals surface area (Å²) >= 11 is 0. The van der Waals surface area contributed by atoms with Crippen molar-refractivity contribution in [3.63, 3.8) is 0 Å². The molecule has 6 aromatic heterocycles. The van der Waals surface area contributed by atoms with Crippen LogP contribution in [0.5, 0.6) is 0 Å². The summed E-state index contributed by atoms with van der Waals surface area (Å²) in [5, 5.41) is 27.0. The van der Waals surface area contributed by atoms with E-state index < -0.39 is 0 Å². The Labute approximate surface area is 761 Å². The molecular formula is C117H95N13O. The molecule has 0 bridgehead atoms. The molecule has 0 saturated carbocycles. The van der Waals surface area contributed by atoms with Crippen LogP contribution in [0.3, 0.4) is 0 Å². The minimum atomic E-state index is 0. The van der Waals surface area contributed by atoms with Crippen LogP contribution >= 0.6 is 0 Å². The van der Waals surface area contributed by atoms with Gasteiger partial charge in [-0.2, -0.15) is 0 Å². The van der Waals surface area contributed by atoms with Gasteiger partial charge in [0, 0.05) is 103 Å². The van der Waals surface area contributed by atoms with Gasteiger partial charge in [-0.05, 0) is 141 Å². The summed E-state index contributed by atoms with van der Waals surface area (Å²) in [6.45, 7) is 10.4. The van der Waals surface area contributed by atoms with Crippen LogP contribution in [0, 0.1) is 34.6 Å². The van der Waals surface area contributed by atoms with Gasteiger partial charge in [0.1, 0.15) is 23.3 Å². The van der Waals surface area contributed by atoms with Gasteiger partial charge in [0.05, 0.1) is 33.1 Å². The number of fused-ring (bicyclic) bond motifs is 13. The van der Waals surface area contributed by atoms with Crippen molar-refractivity contribution in [1.29, 1.82) is 0 Å². The molecule has 14 heteroatoms. The smallest absolute Gasteiger partial charge is 0.248 e. The van der Waals surface area contributed by atoms with E-state index >= 15 is 0 Å². The third-order valence-electron chi connectivity index (χ3n) is 23.1. The number of nitrogens with zero attached hydrogens (tertiary/aromatic N) is 13. The molecule has 24 rings (SSSR count). The number of hydrogen-bond acceptors (Lipinski definition) is 9. The van der Waals surface area contributed by atoms with E-state index in [1.165, 1.54) is 70.9 Å². The van der Waals surface area contributed by atoms with E-state index in [9.17, 15) is 0 Å². The predicted molar refractivity (Wildman–Crippen MR) is 541 cm³/mol. The molecule has 0 N–H and O–H groups in total. The second-order valence-electron chi connectivity index (χ2n) is 32.0. The fourth-order valence-corrected chi connectivity index (χ4v) is 16.6. The van der Waals surface area contributed by atoms with Gasteiger partial charge in [-0.15, -0.1) is 20.4 Å². The lowest BCUT2D eigenvalue weighted by Gasteiger charge is -2.12. The molecule has 18 aromatic carbocycles. The van der Waals surface area contributed by atoms with Gasteiger partial charge < -0.3 is 8.98 Å². The first kappa shape index (κ1) is 84.7. The van der Waals surface area contributed by atoms with Crippen LogP contribution in [0.4, 0.5) is 0 Å². The van der Waals surface area contributed by atoms with Gasteiger partial charge in [-0.25, -0.2) is 19.9 Å². The van der Waals surface area contributed by atoms with Crippen LogP contribution in [0.1, 0.15) is 35.5 Å². The molecule has 131 heavy (non-hydrogen) atoms. The quantitative estimate of drug-likeness (QED) is 0.116. The first-order chi connectivity index (χ1) is 64.0. The average molecular weight is 1700 g/mol. The molecule has 0 atom stereocenters. The van der Waals surface area contributed by atoms with Crippen molar-refractivity contribution in [3.8, 4) is 103 Å². The molecule has 6 heterocycles. The maximum absolute atomic E-state index is 5.67. The Morgan fingerprint density at radius 2 is 0.527 bits per heavy atom. The lowest BCUT2D eigenvalue weighted by Crippen LogP contribution is -2.00. The van der Waals surface area contributed by atoms with Crippen molar-refractivity contribution >= 4 is 76.2 Å². The second-order valence-corrected chi connectivity index (χ2v) is 32.0. The van der Waals surface area contributed by atoms with Crippen LogP contribution in [-0.2, 0) is 7.05 Å². The summed E-state index contributed by atoms with van der Waals surface area (Å²) in [7, 11) is 2.00. The third kappa shape index (κ3) is 18.0. The Morgan fingerprint density at radius 1 is 0.229 bits per heavy atom. The zero-order valence-electron chi connectivity index (χ0n) is 72.9. The van der Waals surface area contributed by atoms with E-state index in [0.29, 0.717) is 11.8 Å². The molecule has 0 saturated heterocycles. The Morgan fingerprint density at radius 3 is 0.954 bits per heavy atom. The fourth-order valence-electron chi connectivity index (χ4n) is 16.6. The zero-order valence-corrected chi connectivity index (χ0v) is 72.9. The topological polar surface area (TPSA) is 141 Å². The highest BCUT2D eigenvalue weighted by molar-refractivity contribution is 6.25. The molecule has 0 aliphatic carbocycles. The van der Waals surface area contributed by atoms with Crippen LogP contribution in [0.15, 0.2) is 448 Å². The summed E-state index contributed by atoms with van der Waals surface area (Å²) in [5.74, 6) is 6.76. The number of aromatic nitrogens is 13. The molecule has 634 valence electrons. The summed E-state index contributed by atoms with van der Waals surface area (Å²) in [5.41, 5.74) is 23.4. The van der Waals surface area contributed by atoms with E-state index in [-0.39, 0.29) is 7.43 Å². The van der Waals surface area contributed by atoms with Crippen molar-refractivity contribution < 1.29 is 4.42 Å². The Bertz CT molecular complexity index is 7970. The van der Waals surface area contributed by atoms with Gasteiger partial charge in [0.2, 0.25) is 11.8 Å². The Balaban J connectivity index is 0.000000107. The minimum Gasteiger partial charge on any atom is -0.416 e. The highest BCUT2D eigenvalue weighted by Gasteiger charge is 2.23. The Kier molecular flexibility index (Phi) is 25.1. The lowest BCUT2D eigenvalue weighted by molar-refractivity contribution is 0.584. The molecule has 0 amide bonds. The molecule has 0 radical (unpaired) electrons. The highest BCUT2D eigenvalue weighted by atomic mass is 16.4. The van der Waals surface area contributed by atoms with Crippen molar-refractivity contribution in [1.82, 2.24) is 63.2 Å². The Hall–Kier alpha value is -17.1. The van der Waals surface area contributed by atoms with Crippen LogP contribution in [-0.4, -0.2) is 63.2 Å². The van der Waals surface area contributed by atoms with Crippen LogP contribution in [0.25, 0.3) is 179 Å². The van der Waals surface area contributed by atoms with E-state index in [0.717, 1.165) is 124 Å². The zero-order chi connectivity index (χ0) is 88.2. The largest absolute Gasteiger partial charge is 0.416 e. The molecular weight excluding hydrogens is 1600 g/mol. The van der Waals surface area contributed by atoms with Crippen molar-refractivity contribution in [2.24, 2.45) is 7.05 Å². The SMILES string of the molecule is C.Cc1ccc(-c2nc3c4ccccc4c4ccccc4c3n2-c2ccccc2)cc1.Cc1ccc(-c2nc3ccccc3n2-c2ccccc2)cc1.Cc1ccc(-c2nnc(-c3ccccc3)n2-c2ccccc2)cc1.Cc1ccc(-c2nnc(-c3ccccc3)o2)cc1.Cc1nc2c3ccccc3c3ccccc3c2n1-c1ccccc1.Cn1ccnc1-c1ccccc1. The van der Waals surface area contributed by atoms with Crippen LogP contribution in [0.2, 0.25) is 0 Å². The third-order valence-corrected chi connectivity index (χ3v) is 23.1. The fraction of sp³-hybridized carbons (Fsp3) is 0.0598. The summed E-state index contributed by atoms with van der Waals surface area (Å²) in [4.78, 5) is 19.3. The highest BCUT2D eigenvalue weighted by Crippen LogP contribution is 2.41. The maximum Gasteiger partial charge on any atom is 0.248 e. The summed E-state index contributed by atoms with van der Waals surface area (Å²) in [6.07, 6.45) is 3.75. The number of rotatable bonds is 11. The van der Waals surface area contributed by atoms with Crippen molar-refractivity contribution in [2.75, 3.05) is 0 Å². The molecule has 0 aliphatic rings. The van der Waals surface area contributed by atoms with Gasteiger partial charge in [-0.3, -0.25) is 18.3 Å². The van der Waals surface area contributed by atoms with Crippen molar-refractivity contribution in [3.05, 3.63) is 471 Å². The molecule has 0 spiro atoms. The van der Waals surface area contributed by atoms with Gasteiger partial charge in [0.25, 0.3) is 0 Å². The minimum absolute atomic E-state index is 0. The van der Waals surface area contributed by atoms with E-state index in [1.807, 2.05) is 158 Å². The summed E-state index contributed by atoms with van der Waals surface area (Å²) < 4.78 is 16.6. The monoisotopic (exact) mass is 1700 g/mol. The second kappa shape index (κ2) is 38.8. The van der Waals surface area contributed by atoms with Gasteiger partial charge in [0.15, 0.2) is 11.6 Å². The van der Waals surface area contributed by atoms with Gasteiger partial charge >= 0.3 is 0 Å². The standard InChI is InChI=1S/C28H20N2.C22H16N2.C21H17N3.C20H16N2.C15H12N2O.C10H10N2.CH4/c1-19-15-17-20(18-16-19)28-29-26-24-13-7-5-11-22(24)23-12-6-8-14-25(23)27(26)30(28)21-9-3-2-4-10-21;1-15-23-21-19-13-7-5-11-17(19)18-12-6-8-14-20(18)22(21)24(15)16-9-3-2-4-10-16;1-16-12-14-18(15-13-16)21-23-22-20(17-8-4-2-5-9-17)24(21)19-10-6-3-7-11-19;1-15-11-13-16(14-12-15)20-21-18-9-5-6-10-19(18)22(20)17-7-3-2-4-8-17;1-11-7-9-13(10-8-11)15-17-16-14(18-15)12-5-3-2-4-6-12;1-12-8-7-11-10(12)9-5-3-2-4-6-9;/h2-18H,1H3;2-14H,1H3;2-15H,1H3;2-14H,1H3;2-10H,1H3;2-8H,1H3;1H4. The first-order valence-electron chi connectivity index (χ1n) is 43.5. The maximum atomic E-state index is 5.67. The van der Waals surface area contributed by atoms with E-state index in [1.54, 1.807) is 0 Å². The molecule has 0 aliphatic heterocycles. The average Bonchev–Trinajstić information content (AvgIpc) is 1.79. The van der Waals surface area contributed by atoms with E-state index in [2.05, 4.69) is 375 Å². The van der Waals surface area contributed by atoms with Crippen molar-refractivity contribution in [2.45, 2.75) is 42.0 Å². The number of aryl methyl sites for hydroxylation is 6. The summed E-state index contributed by atoms with van der Waals surface area (Å²) in [6, 6.07) is 148. The molecule has 14 nitrogen and oxygen atoms in total. The number of hydrogen-bond donors (Lipinski definition) is 0. The van der Waals surface area contributed by atoms with Gasteiger partial charge in [-0.1, -0.05) is 375 Å². The van der Waals surface area contributed by atoms with E-state index in [4.69, 9.17) is 19.4 Å². The lowest BCUT2D eigenvalue weighted by atomic mass is 10.00. The number of imidazole rings is 4. The predicted octanol–water partition coefficient (Wildman–Crippen LogP) is 29.3. The molecule has 24 aromatic rings. The van der Waals surface area contributed by atoms with Crippen LogP contribution < -0.4 is 0 Å². The number of benzene rings is 18. The normalized spacial score (nSPS) is 10.9. The molecule has 0 unspecified atom stereocenters. The first-order valence-corrected chi connectivity index (χ1v) is 43.5. The number of para-hydroxylation sites is 6.